The van der Waals surface area contributed by atoms with Crippen LogP contribution in [-0.2, 0) is 0 Å². The van der Waals surface area contributed by atoms with Crippen LogP contribution in [0.15, 0.2) is 24.3 Å². The molecule has 4 rings (SSSR count). The third-order valence-corrected chi connectivity index (χ3v) is 8.67. The molecule has 3 saturated carbocycles. The Bertz CT molecular complexity index is 486. The molecule has 0 heteroatoms. The Morgan fingerprint density at radius 2 is 2.00 bits per heavy atom. The number of rotatable bonds is 2. The Balaban J connectivity index is 1.65. The lowest BCUT2D eigenvalue weighted by Crippen LogP contribution is -2.49. The van der Waals surface area contributed by atoms with Gasteiger partial charge in [-0.3, -0.25) is 0 Å². The van der Waals surface area contributed by atoms with Crippen molar-refractivity contribution in [2.45, 2.75) is 78.1 Å². The second kappa shape index (κ2) is 5.25. The molecule has 0 bridgehead atoms. The smallest absolute Gasteiger partial charge is 0.00853 e. The molecule has 6 atom stereocenters. The Morgan fingerprint density at radius 3 is 2.82 bits per heavy atom. The molecule has 22 heavy (non-hydrogen) atoms. The Kier molecular flexibility index (Phi) is 3.59. The Hall–Kier alpha value is -0.520. The summed E-state index contributed by atoms with van der Waals surface area (Å²) in [7, 11) is 0. The zero-order chi connectivity index (χ0) is 15.4. The normalized spacial score (nSPS) is 50.5. The third-order valence-electron chi connectivity index (χ3n) is 8.67. The molecule has 0 N–H and O–H groups in total. The van der Waals surface area contributed by atoms with Gasteiger partial charge in [-0.1, -0.05) is 38.0 Å². The van der Waals surface area contributed by atoms with E-state index in [4.69, 9.17) is 0 Å². The Labute approximate surface area is 137 Å². The molecule has 0 heterocycles. The highest BCUT2D eigenvalue weighted by atomic mass is 14.6. The summed E-state index contributed by atoms with van der Waals surface area (Å²) < 4.78 is 0. The zero-order valence-corrected chi connectivity index (χ0v) is 14.7. The van der Waals surface area contributed by atoms with Gasteiger partial charge in [-0.25, -0.2) is 0 Å². The van der Waals surface area contributed by atoms with Gasteiger partial charge in [-0.15, -0.1) is 6.58 Å². The van der Waals surface area contributed by atoms with E-state index in [2.05, 4.69) is 32.6 Å². The maximum Gasteiger partial charge on any atom is -0.00853 e. The van der Waals surface area contributed by atoms with Crippen molar-refractivity contribution in [3.63, 3.8) is 0 Å². The van der Waals surface area contributed by atoms with Crippen LogP contribution in [0.4, 0.5) is 0 Å². The molecule has 3 fully saturated rings. The monoisotopic (exact) mass is 298 g/mol. The summed E-state index contributed by atoms with van der Waals surface area (Å²) in [6.45, 7) is 9.30. The van der Waals surface area contributed by atoms with Gasteiger partial charge in [0.2, 0.25) is 0 Å². The topological polar surface area (TPSA) is 0 Å². The van der Waals surface area contributed by atoms with Gasteiger partial charge >= 0.3 is 0 Å². The molecule has 0 aromatic carbocycles. The van der Waals surface area contributed by atoms with Crippen molar-refractivity contribution >= 4 is 0 Å². The van der Waals surface area contributed by atoms with Gasteiger partial charge < -0.3 is 0 Å². The van der Waals surface area contributed by atoms with Crippen molar-refractivity contribution in [2.75, 3.05) is 0 Å². The standard InChI is InChI=1S/C22H34/c1-4-7-16-10-12-19-18-11-9-17-8-5-6-14-21(17,2)20(18)13-15-22(16,19)3/h4,9,16,18-20H,1,5-8,10-15H2,2-3H3/t16-,18-,19-,20-,21-,22+/m0/s1. The van der Waals surface area contributed by atoms with E-state index in [0.717, 1.165) is 23.7 Å². The van der Waals surface area contributed by atoms with Crippen LogP contribution >= 0.6 is 0 Å². The maximum absolute atomic E-state index is 4.03. The molecule has 0 nitrogen and oxygen atoms in total. The predicted molar refractivity (Wildman–Crippen MR) is 94.6 cm³/mol. The van der Waals surface area contributed by atoms with Gasteiger partial charge in [0, 0.05) is 0 Å². The summed E-state index contributed by atoms with van der Waals surface area (Å²) >= 11 is 0. The fraction of sp³-hybridized carbons (Fsp3) is 0.818. The fourth-order valence-electron chi connectivity index (χ4n) is 7.40. The van der Waals surface area contributed by atoms with E-state index < -0.39 is 0 Å². The van der Waals surface area contributed by atoms with Crippen molar-refractivity contribution < 1.29 is 0 Å². The Morgan fingerprint density at radius 1 is 1.14 bits per heavy atom. The van der Waals surface area contributed by atoms with Crippen LogP contribution < -0.4 is 0 Å². The molecular formula is C22H34. The highest BCUT2D eigenvalue weighted by Crippen LogP contribution is 2.66. The van der Waals surface area contributed by atoms with E-state index in [1.54, 1.807) is 0 Å². The number of allylic oxidation sites excluding steroid dienone is 3. The molecule has 0 unspecified atom stereocenters. The highest BCUT2D eigenvalue weighted by molar-refractivity contribution is 5.24. The average Bonchev–Trinajstić information content (AvgIpc) is 2.84. The van der Waals surface area contributed by atoms with Gasteiger partial charge in [0.1, 0.15) is 0 Å². The largest absolute Gasteiger partial charge is 0.103 e. The lowest BCUT2D eigenvalue weighted by Gasteiger charge is -2.57. The SMILES string of the molecule is C=CC[C@H]1CC[C@H]2[C@@H]3CC=C4CCCC[C@]4(C)[C@H]3CC[C@]12C. The van der Waals surface area contributed by atoms with E-state index in [1.807, 2.05) is 5.57 Å². The van der Waals surface area contributed by atoms with Crippen LogP contribution in [0.25, 0.3) is 0 Å². The maximum atomic E-state index is 4.03. The molecule has 4 aliphatic rings. The second-order valence-corrected chi connectivity index (χ2v) is 9.31. The minimum atomic E-state index is 0.568. The van der Waals surface area contributed by atoms with Crippen molar-refractivity contribution in [1.29, 1.82) is 0 Å². The molecule has 0 aromatic heterocycles. The lowest BCUT2D eigenvalue weighted by molar-refractivity contribution is -0.0406. The van der Waals surface area contributed by atoms with E-state index >= 15 is 0 Å². The summed E-state index contributed by atoms with van der Waals surface area (Å²) in [6.07, 6.45) is 19.3. The van der Waals surface area contributed by atoms with E-state index in [0.29, 0.717) is 10.8 Å². The van der Waals surface area contributed by atoms with Crippen LogP contribution in [0.2, 0.25) is 0 Å². The van der Waals surface area contributed by atoms with Gasteiger partial charge in [0.25, 0.3) is 0 Å². The van der Waals surface area contributed by atoms with E-state index in [1.165, 1.54) is 64.2 Å². The minimum Gasteiger partial charge on any atom is -0.103 e. The first-order valence-electron chi connectivity index (χ1n) is 9.90. The fourth-order valence-corrected chi connectivity index (χ4v) is 7.40. The van der Waals surface area contributed by atoms with Gasteiger partial charge in [-0.2, -0.15) is 0 Å². The van der Waals surface area contributed by atoms with E-state index in [-0.39, 0.29) is 0 Å². The third kappa shape index (κ3) is 1.95. The van der Waals surface area contributed by atoms with Crippen LogP contribution in [0.3, 0.4) is 0 Å². The van der Waals surface area contributed by atoms with E-state index in [9.17, 15) is 0 Å². The summed E-state index contributed by atoms with van der Waals surface area (Å²) in [5.74, 6) is 3.89. The minimum absolute atomic E-state index is 0.568. The molecule has 0 amide bonds. The van der Waals surface area contributed by atoms with Gasteiger partial charge in [-0.05, 0) is 92.3 Å². The summed E-state index contributed by atoms with van der Waals surface area (Å²) in [6, 6.07) is 0. The van der Waals surface area contributed by atoms with Crippen LogP contribution in [0.1, 0.15) is 78.1 Å². The molecule has 0 aliphatic heterocycles. The molecule has 0 aromatic rings. The molecule has 4 aliphatic carbocycles. The first-order chi connectivity index (χ1) is 10.6. The molecule has 122 valence electrons. The highest BCUT2D eigenvalue weighted by Gasteiger charge is 2.57. The number of fused-ring (bicyclic) bond motifs is 5. The quantitative estimate of drug-likeness (QED) is 0.508. The van der Waals surface area contributed by atoms with Crippen LogP contribution in [0.5, 0.6) is 0 Å². The molecule has 0 spiro atoms. The second-order valence-electron chi connectivity index (χ2n) is 9.31. The summed E-state index contributed by atoms with van der Waals surface area (Å²) in [4.78, 5) is 0. The van der Waals surface area contributed by atoms with Crippen molar-refractivity contribution in [2.24, 2.45) is 34.5 Å². The van der Waals surface area contributed by atoms with Crippen molar-refractivity contribution in [1.82, 2.24) is 0 Å². The molecular weight excluding hydrogens is 264 g/mol. The first kappa shape index (κ1) is 15.0. The molecule has 0 saturated heterocycles. The average molecular weight is 299 g/mol. The molecule has 0 radical (unpaired) electrons. The predicted octanol–water partition coefficient (Wildman–Crippen LogP) is 6.53. The van der Waals surface area contributed by atoms with Gasteiger partial charge in [0.15, 0.2) is 0 Å². The van der Waals surface area contributed by atoms with Crippen LogP contribution in [-0.4, -0.2) is 0 Å². The van der Waals surface area contributed by atoms with Crippen molar-refractivity contribution in [3.05, 3.63) is 24.3 Å². The number of hydrogen-bond donors (Lipinski definition) is 0. The lowest BCUT2D eigenvalue weighted by atomic mass is 9.47. The van der Waals surface area contributed by atoms with Crippen molar-refractivity contribution in [3.8, 4) is 0 Å². The van der Waals surface area contributed by atoms with Gasteiger partial charge in [0.05, 0.1) is 0 Å². The number of hydrogen-bond acceptors (Lipinski definition) is 0. The zero-order valence-electron chi connectivity index (χ0n) is 14.7. The summed E-state index contributed by atoms with van der Waals surface area (Å²) in [5, 5.41) is 0. The van der Waals surface area contributed by atoms with Crippen LogP contribution in [0, 0.1) is 34.5 Å². The summed E-state index contributed by atoms with van der Waals surface area (Å²) in [5.41, 5.74) is 3.04. The first-order valence-corrected chi connectivity index (χ1v) is 9.90.